The highest BCUT2D eigenvalue weighted by Gasteiger charge is 2.20. The molecule has 21 heavy (non-hydrogen) atoms. The summed E-state index contributed by atoms with van der Waals surface area (Å²) in [5.74, 6) is -0.685. The molecule has 1 heterocycles. The Morgan fingerprint density at radius 1 is 1.33 bits per heavy atom. The van der Waals surface area contributed by atoms with Gasteiger partial charge in [0.25, 0.3) is 15.9 Å². The Kier molecular flexibility index (Phi) is 4.11. The Bertz CT molecular complexity index is 812. The molecule has 0 fully saturated rings. The summed E-state index contributed by atoms with van der Waals surface area (Å²) in [5, 5.41) is 0. The molecule has 1 amide bonds. The Labute approximate surface area is 131 Å². The van der Waals surface area contributed by atoms with Crippen LogP contribution in [0.25, 0.3) is 0 Å². The standard InChI is InChI=1S/C13H14BrN3O3S/c1-8-3-4-11(10(14)5-8)16-21(19,20)9-6-12(13(15)18)17(2)7-9/h3-7,16H,1-2H3,(H2,15,18). The number of anilines is 1. The number of benzene rings is 1. The highest BCUT2D eigenvalue weighted by atomic mass is 79.9. The Morgan fingerprint density at radius 3 is 2.52 bits per heavy atom. The van der Waals surface area contributed by atoms with E-state index < -0.39 is 15.9 Å². The third-order valence-corrected chi connectivity index (χ3v) is 4.90. The van der Waals surface area contributed by atoms with Gasteiger partial charge in [-0.25, -0.2) is 8.42 Å². The summed E-state index contributed by atoms with van der Waals surface area (Å²) >= 11 is 3.31. The van der Waals surface area contributed by atoms with E-state index in [1.54, 1.807) is 25.2 Å². The van der Waals surface area contributed by atoms with E-state index in [1.807, 2.05) is 6.92 Å². The quantitative estimate of drug-likeness (QED) is 0.860. The Morgan fingerprint density at radius 2 is 2.00 bits per heavy atom. The molecular weight excluding hydrogens is 358 g/mol. The number of aryl methyl sites for hydroxylation is 2. The molecule has 112 valence electrons. The summed E-state index contributed by atoms with van der Waals surface area (Å²) < 4.78 is 29.1. The first-order chi connectivity index (χ1) is 9.70. The molecule has 0 saturated carbocycles. The maximum Gasteiger partial charge on any atom is 0.265 e. The van der Waals surface area contributed by atoms with Gasteiger partial charge < -0.3 is 10.3 Å². The number of carbonyl (C=O) groups excluding carboxylic acids is 1. The molecule has 6 nitrogen and oxygen atoms in total. The minimum absolute atomic E-state index is 0.0220. The number of amides is 1. The zero-order chi connectivity index (χ0) is 15.8. The second kappa shape index (κ2) is 5.53. The van der Waals surface area contributed by atoms with E-state index in [4.69, 9.17) is 5.73 Å². The maximum atomic E-state index is 12.3. The fourth-order valence-electron chi connectivity index (χ4n) is 1.83. The molecule has 2 aromatic rings. The minimum Gasteiger partial charge on any atom is -0.364 e. The van der Waals surface area contributed by atoms with E-state index in [1.165, 1.54) is 16.8 Å². The smallest absolute Gasteiger partial charge is 0.265 e. The van der Waals surface area contributed by atoms with Crippen LogP contribution in [0.15, 0.2) is 39.8 Å². The number of nitrogens with zero attached hydrogens (tertiary/aromatic N) is 1. The summed E-state index contributed by atoms with van der Waals surface area (Å²) in [4.78, 5) is 11.2. The predicted octanol–water partition coefficient (Wildman–Crippen LogP) is 2.00. The molecule has 0 unspecified atom stereocenters. The van der Waals surface area contributed by atoms with Crippen LogP contribution >= 0.6 is 15.9 Å². The molecular formula is C13H14BrN3O3S. The van der Waals surface area contributed by atoms with Crippen molar-refractivity contribution >= 4 is 37.5 Å². The van der Waals surface area contributed by atoms with Gasteiger partial charge in [0.05, 0.1) is 5.69 Å². The van der Waals surface area contributed by atoms with Crippen LogP contribution < -0.4 is 10.5 Å². The number of sulfonamides is 1. The topological polar surface area (TPSA) is 94.2 Å². The van der Waals surface area contributed by atoms with E-state index in [0.717, 1.165) is 5.56 Å². The number of hydrogen-bond donors (Lipinski definition) is 2. The number of rotatable bonds is 4. The first-order valence-corrected chi connectivity index (χ1v) is 8.23. The number of halogens is 1. The van der Waals surface area contributed by atoms with E-state index in [-0.39, 0.29) is 10.6 Å². The lowest BCUT2D eigenvalue weighted by molar-refractivity contribution is 0.0992. The number of aromatic nitrogens is 1. The summed E-state index contributed by atoms with van der Waals surface area (Å²) in [6.45, 7) is 1.90. The molecule has 2 rings (SSSR count). The van der Waals surface area contributed by atoms with Gasteiger partial charge in [-0.2, -0.15) is 0 Å². The summed E-state index contributed by atoms with van der Waals surface area (Å²) in [5.41, 5.74) is 6.73. The fraction of sp³-hybridized carbons (Fsp3) is 0.154. The van der Waals surface area contributed by atoms with Crippen LogP contribution in [0.4, 0.5) is 5.69 Å². The molecule has 1 aromatic heterocycles. The SMILES string of the molecule is Cc1ccc(NS(=O)(=O)c2cc(C(N)=O)n(C)c2)c(Br)c1. The highest BCUT2D eigenvalue weighted by molar-refractivity contribution is 9.10. The van der Waals surface area contributed by atoms with Crippen molar-refractivity contribution in [2.45, 2.75) is 11.8 Å². The van der Waals surface area contributed by atoms with Crippen molar-refractivity contribution in [1.82, 2.24) is 4.57 Å². The van der Waals surface area contributed by atoms with E-state index in [2.05, 4.69) is 20.7 Å². The van der Waals surface area contributed by atoms with Crippen LogP contribution in [0.5, 0.6) is 0 Å². The van der Waals surface area contributed by atoms with E-state index in [9.17, 15) is 13.2 Å². The molecule has 8 heteroatoms. The molecule has 3 N–H and O–H groups in total. The van der Waals surface area contributed by atoms with Crippen molar-refractivity contribution in [3.05, 3.63) is 46.2 Å². The number of nitrogens with one attached hydrogen (secondary N) is 1. The minimum atomic E-state index is -3.79. The molecule has 1 aromatic carbocycles. The van der Waals surface area contributed by atoms with Gasteiger partial charge in [0.2, 0.25) is 0 Å². The van der Waals surface area contributed by atoms with Crippen molar-refractivity contribution in [3.63, 3.8) is 0 Å². The first kappa shape index (κ1) is 15.6. The number of primary amides is 1. The molecule has 0 aliphatic carbocycles. The van der Waals surface area contributed by atoms with Crippen LogP contribution in [0, 0.1) is 6.92 Å². The second-order valence-corrected chi connectivity index (χ2v) is 7.16. The third-order valence-electron chi connectivity index (χ3n) is 2.91. The normalized spacial score (nSPS) is 11.4. The van der Waals surface area contributed by atoms with Gasteiger partial charge >= 0.3 is 0 Å². The van der Waals surface area contributed by atoms with Crippen LogP contribution in [-0.4, -0.2) is 18.9 Å². The van der Waals surface area contributed by atoms with Crippen LogP contribution in [0.1, 0.15) is 16.1 Å². The summed E-state index contributed by atoms with van der Waals surface area (Å²) in [6, 6.07) is 6.50. The highest BCUT2D eigenvalue weighted by Crippen LogP contribution is 2.26. The summed E-state index contributed by atoms with van der Waals surface area (Å²) in [7, 11) is -2.24. The molecule has 0 saturated heterocycles. The number of hydrogen-bond acceptors (Lipinski definition) is 3. The summed E-state index contributed by atoms with van der Waals surface area (Å²) in [6.07, 6.45) is 1.34. The van der Waals surface area contributed by atoms with Crippen molar-refractivity contribution in [2.24, 2.45) is 12.8 Å². The zero-order valence-electron chi connectivity index (χ0n) is 11.4. The molecule has 0 aliphatic heterocycles. The number of nitrogens with two attached hydrogens (primary N) is 1. The monoisotopic (exact) mass is 371 g/mol. The largest absolute Gasteiger partial charge is 0.364 e. The molecule has 0 bridgehead atoms. The van der Waals surface area contributed by atoms with Gasteiger partial charge in [-0.1, -0.05) is 6.07 Å². The first-order valence-electron chi connectivity index (χ1n) is 5.96. The van der Waals surface area contributed by atoms with Crippen LogP contribution in [0.2, 0.25) is 0 Å². The van der Waals surface area contributed by atoms with Crippen molar-refractivity contribution < 1.29 is 13.2 Å². The van der Waals surface area contributed by atoms with Crippen molar-refractivity contribution in [1.29, 1.82) is 0 Å². The Hall–Kier alpha value is -1.80. The lowest BCUT2D eigenvalue weighted by atomic mass is 10.2. The lowest BCUT2D eigenvalue weighted by Crippen LogP contribution is -2.14. The average Bonchev–Trinajstić information content (AvgIpc) is 2.76. The molecule has 0 radical (unpaired) electrons. The van der Waals surface area contributed by atoms with Crippen LogP contribution in [0.3, 0.4) is 0 Å². The van der Waals surface area contributed by atoms with E-state index in [0.29, 0.717) is 10.2 Å². The van der Waals surface area contributed by atoms with Gasteiger partial charge in [-0.05, 0) is 46.6 Å². The molecule has 0 spiro atoms. The van der Waals surface area contributed by atoms with Crippen molar-refractivity contribution in [3.8, 4) is 0 Å². The Balaban J connectivity index is 2.38. The zero-order valence-corrected chi connectivity index (χ0v) is 13.8. The van der Waals surface area contributed by atoms with E-state index >= 15 is 0 Å². The molecule has 0 aliphatic rings. The third kappa shape index (κ3) is 3.27. The fourth-order valence-corrected chi connectivity index (χ4v) is 3.71. The van der Waals surface area contributed by atoms with Gasteiger partial charge in [0.1, 0.15) is 10.6 Å². The second-order valence-electron chi connectivity index (χ2n) is 4.63. The predicted molar refractivity (Wildman–Crippen MR) is 83.6 cm³/mol. The molecule has 0 atom stereocenters. The van der Waals surface area contributed by atoms with Gasteiger partial charge in [-0.3, -0.25) is 9.52 Å². The van der Waals surface area contributed by atoms with Gasteiger partial charge in [0, 0.05) is 17.7 Å². The van der Waals surface area contributed by atoms with Gasteiger partial charge in [-0.15, -0.1) is 0 Å². The lowest BCUT2D eigenvalue weighted by Gasteiger charge is -2.09. The van der Waals surface area contributed by atoms with Gasteiger partial charge in [0.15, 0.2) is 0 Å². The van der Waals surface area contributed by atoms with Crippen molar-refractivity contribution in [2.75, 3.05) is 4.72 Å². The maximum absolute atomic E-state index is 12.3. The number of carbonyl (C=O) groups is 1. The van der Waals surface area contributed by atoms with Crippen LogP contribution in [-0.2, 0) is 17.1 Å². The average molecular weight is 372 g/mol.